The highest BCUT2D eigenvalue weighted by atomic mass is 35.5. The number of aliphatic hydroxyl groups is 2. The number of halogens is 1. The first-order valence-corrected chi connectivity index (χ1v) is 11.8. The Bertz CT molecular complexity index is 762. The molecule has 170 valence electrons. The quantitative estimate of drug-likeness (QED) is 0.327. The molecule has 3 rings (SSSR count). The highest BCUT2D eigenvalue weighted by molar-refractivity contribution is 6.30. The summed E-state index contributed by atoms with van der Waals surface area (Å²) in [4.78, 5) is 11.7. The molecule has 0 bridgehead atoms. The van der Waals surface area contributed by atoms with Crippen LogP contribution in [0.4, 0.5) is 0 Å². The summed E-state index contributed by atoms with van der Waals surface area (Å²) in [5.74, 6) is 1.18. The number of unbranched alkanes of at least 4 members (excludes halogenated alkanes) is 1. The molecule has 2 aliphatic rings. The predicted molar refractivity (Wildman–Crippen MR) is 123 cm³/mol. The van der Waals surface area contributed by atoms with Crippen molar-refractivity contribution < 1.29 is 19.7 Å². The second-order valence-electron chi connectivity index (χ2n) is 8.64. The van der Waals surface area contributed by atoms with Gasteiger partial charge in [-0.15, -0.1) is 0 Å². The number of carbonyl (C=O) groups excluding carboxylic acids is 1. The van der Waals surface area contributed by atoms with Crippen LogP contribution in [0.15, 0.2) is 48.6 Å². The third kappa shape index (κ3) is 8.68. The zero-order chi connectivity index (χ0) is 22.1. The fourth-order valence-corrected chi connectivity index (χ4v) is 4.17. The number of nitrogens with one attached hydrogen (secondary N) is 1. The van der Waals surface area contributed by atoms with Crippen LogP contribution < -0.4 is 10.1 Å². The molecule has 5 nitrogen and oxygen atoms in total. The van der Waals surface area contributed by atoms with E-state index in [4.69, 9.17) is 16.3 Å². The van der Waals surface area contributed by atoms with Crippen LogP contribution in [-0.4, -0.2) is 41.0 Å². The maximum absolute atomic E-state index is 11.7. The number of carbonyl (C=O) groups is 1. The molecule has 0 spiro atoms. The summed E-state index contributed by atoms with van der Waals surface area (Å²) >= 11 is 5.94. The zero-order valence-electron chi connectivity index (χ0n) is 18.0. The largest absolute Gasteiger partial charge is 0.491 e. The van der Waals surface area contributed by atoms with Gasteiger partial charge in [0.1, 0.15) is 18.5 Å². The zero-order valence-corrected chi connectivity index (χ0v) is 18.7. The lowest BCUT2D eigenvalue weighted by Crippen LogP contribution is -2.24. The Kier molecular flexibility index (Phi) is 9.44. The van der Waals surface area contributed by atoms with Crippen LogP contribution >= 0.6 is 11.6 Å². The van der Waals surface area contributed by atoms with E-state index in [1.165, 1.54) is 0 Å². The molecule has 2 aliphatic carbocycles. The predicted octanol–water partition coefficient (Wildman–Crippen LogP) is 4.42. The average Bonchev–Trinajstić information content (AvgIpc) is 3.49. The minimum Gasteiger partial charge on any atom is -0.491 e. The Balaban J connectivity index is 1.36. The third-order valence-electron chi connectivity index (χ3n) is 5.92. The first kappa shape index (κ1) is 23.8. The van der Waals surface area contributed by atoms with E-state index in [0.29, 0.717) is 29.2 Å². The van der Waals surface area contributed by atoms with E-state index in [1.54, 1.807) is 30.3 Å². The maximum Gasteiger partial charge on any atom is 0.220 e. The van der Waals surface area contributed by atoms with Gasteiger partial charge in [0.2, 0.25) is 5.91 Å². The molecule has 1 unspecified atom stereocenters. The topological polar surface area (TPSA) is 78.8 Å². The SMILES string of the molecule is O=C(CCC/C=C\CC1CC[C@@H](O)[C@@H]1/C=C/[C@@H](O)COc1cccc(Cl)c1)NC1CC1. The molecular weight excluding hydrogens is 414 g/mol. The summed E-state index contributed by atoms with van der Waals surface area (Å²) in [6.07, 6.45) is 14.1. The van der Waals surface area contributed by atoms with Crippen molar-refractivity contribution >= 4 is 17.5 Å². The first-order valence-electron chi connectivity index (χ1n) is 11.4. The molecule has 31 heavy (non-hydrogen) atoms. The van der Waals surface area contributed by atoms with Crippen molar-refractivity contribution in [2.75, 3.05) is 6.61 Å². The van der Waals surface area contributed by atoms with Crippen molar-refractivity contribution in [3.8, 4) is 5.75 Å². The fourth-order valence-electron chi connectivity index (χ4n) is 3.99. The van der Waals surface area contributed by atoms with Crippen LogP contribution in [0.25, 0.3) is 0 Å². The van der Waals surface area contributed by atoms with Gasteiger partial charge < -0.3 is 20.3 Å². The number of benzene rings is 1. The van der Waals surface area contributed by atoms with Crippen molar-refractivity contribution in [1.82, 2.24) is 5.32 Å². The maximum atomic E-state index is 11.7. The van der Waals surface area contributed by atoms with Gasteiger partial charge >= 0.3 is 0 Å². The van der Waals surface area contributed by atoms with Gasteiger partial charge in [-0.3, -0.25) is 4.79 Å². The lowest BCUT2D eigenvalue weighted by atomic mass is 9.91. The van der Waals surface area contributed by atoms with Gasteiger partial charge in [-0.2, -0.15) is 0 Å². The van der Waals surface area contributed by atoms with Gasteiger partial charge in [-0.05, 0) is 69.1 Å². The number of ether oxygens (including phenoxy) is 1. The van der Waals surface area contributed by atoms with E-state index in [1.807, 2.05) is 6.08 Å². The van der Waals surface area contributed by atoms with E-state index >= 15 is 0 Å². The molecule has 1 aromatic carbocycles. The normalized spacial score (nSPS) is 24.7. The lowest BCUT2D eigenvalue weighted by Gasteiger charge is -2.18. The molecule has 2 saturated carbocycles. The summed E-state index contributed by atoms with van der Waals surface area (Å²) in [7, 11) is 0. The Labute approximate surface area is 190 Å². The Morgan fingerprint density at radius 2 is 2.10 bits per heavy atom. The van der Waals surface area contributed by atoms with Crippen molar-refractivity contribution in [3.05, 3.63) is 53.6 Å². The molecular formula is C25H34ClNO4. The molecule has 2 fully saturated rings. The summed E-state index contributed by atoms with van der Waals surface area (Å²) in [6, 6.07) is 7.51. The molecule has 0 saturated heterocycles. The number of allylic oxidation sites excluding steroid dienone is 2. The minimum absolute atomic E-state index is 0.0368. The number of rotatable bonds is 12. The van der Waals surface area contributed by atoms with Crippen LogP contribution in [-0.2, 0) is 4.79 Å². The van der Waals surface area contributed by atoms with Crippen molar-refractivity contribution in [3.63, 3.8) is 0 Å². The summed E-state index contributed by atoms with van der Waals surface area (Å²) < 4.78 is 5.57. The van der Waals surface area contributed by atoms with Crippen LogP contribution in [0.2, 0.25) is 5.02 Å². The lowest BCUT2D eigenvalue weighted by molar-refractivity contribution is -0.121. The third-order valence-corrected chi connectivity index (χ3v) is 6.15. The summed E-state index contributed by atoms with van der Waals surface area (Å²) in [6.45, 7) is 0.137. The second kappa shape index (κ2) is 12.3. The molecule has 6 heteroatoms. The number of hydrogen-bond acceptors (Lipinski definition) is 4. The number of aliphatic hydroxyl groups excluding tert-OH is 2. The number of amides is 1. The number of hydrogen-bond donors (Lipinski definition) is 3. The van der Waals surface area contributed by atoms with Crippen LogP contribution in [0, 0.1) is 11.8 Å². The van der Waals surface area contributed by atoms with Crippen LogP contribution in [0.1, 0.15) is 51.4 Å². The molecule has 4 atom stereocenters. The highest BCUT2D eigenvalue weighted by Crippen LogP contribution is 2.36. The van der Waals surface area contributed by atoms with E-state index < -0.39 is 6.10 Å². The minimum atomic E-state index is -0.746. The Hall–Kier alpha value is -1.82. The first-order chi connectivity index (χ1) is 15.0. The Morgan fingerprint density at radius 3 is 2.87 bits per heavy atom. The van der Waals surface area contributed by atoms with Gasteiger partial charge in [0.25, 0.3) is 0 Å². The summed E-state index contributed by atoms with van der Waals surface area (Å²) in [5, 5.41) is 24.2. The molecule has 0 radical (unpaired) electrons. The van der Waals surface area contributed by atoms with Gasteiger partial charge in [0.15, 0.2) is 0 Å². The molecule has 3 N–H and O–H groups in total. The van der Waals surface area contributed by atoms with E-state index in [9.17, 15) is 15.0 Å². The van der Waals surface area contributed by atoms with Gasteiger partial charge in [0.05, 0.1) is 6.10 Å². The van der Waals surface area contributed by atoms with E-state index in [0.717, 1.165) is 44.9 Å². The Morgan fingerprint density at radius 1 is 1.26 bits per heavy atom. The van der Waals surface area contributed by atoms with Crippen molar-refractivity contribution in [2.45, 2.75) is 69.6 Å². The van der Waals surface area contributed by atoms with Gasteiger partial charge in [0, 0.05) is 23.4 Å². The second-order valence-corrected chi connectivity index (χ2v) is 9.08. The van der Waals surface area contributed by atoms with Crippen molar-refractivity contribution in [1.29, 1.82) is 0 Å². The average molecular weight is 448 g/mol. The fraction of sp³-hybridized carbons (Fsp3) is 0.560. The van der Waals surface area contributed by atoms with Gasteiger partial charge in [-0.25, -0.2) is 0 Å². The van der Waals surface area contributed by atoms with E-state index in [-0.39, 0.29) is 24.5 Å². The van der Waals surface area contributed by atoms with Crippen LogP contribution in [0.5, 0.6) is 5.75 Å². The molecule has 1 aromatic rings. The molecule has 0 aliphatic heterocycles. The van der Waals surface area contributed by atoms with E-state index in [2.05, 4.69) is 17.5 Å². The summed E-state index contributed by atoms with van der Waals surface area (Å²) in [5.41, 5.74) is 0. The standard InChI is InChI=1S/C25H34ClNO4/c26-19-7-5-8-22(16-19)31-17-21(28)13-14-23-18(10-15-24(23)29)6-3-1-2-4-9-25(30)27-20-11-12-20/h1,3,5,7-8,13-14,16,18,20-21,23-24,28-29H,2,4,6,9-12,15,17H2,(H,27,30)/b3-1-,14-13+/t18?,21-,23-,24-/m1/s1. The van der Waals surface area contributed by atoms with Crippen molar-refractivity contribution in [2.24, 2.45) is 11.8 Å². The molecule has 0 heterocycles. The monoisotopic (exact) mass is 447 g/mol. The molecule has 0 aromatic heterocycles. The van der Waals surface area contributed by atoms with Crippen LogP contribution in [0.3, 0.4) is 0 Å². The van der Waals surface area contributed by atoms with Gasteiger partial charge in [-0.1, -0.05) is 42.0 Å². The molecule has 1 amide bonds. The highest BCUT2D eigenvalue weighted by Gasteiger charge is 2.32. The smallest absolute Gasteiger partial charge is 0.220 e.